The van der Waals surface area contributed by atoms with Gasteiger partial charge in [-0.05, 0) is 31.9 Å². The maximum absolute atomic E-state index is 12.6. The highest BCUT2D eigenvalue weighted by molar-refractivity contribution is 5.81. The van der Waals surface area contributed by atoms with Gasteiger partial charge < -0.3 is 9.84 Å². The van der Waals surface area contributed by atoms with E-state index in [1.54, 1.807) is 6.92 Å². The van der Waals surface area contributed by atoms with Crippen LogP contribution in [-0.2, 0) is 17.9 Å². The molecule has 160 valence electrons. The third-order valence-corrected chi connectivity index (χ3v) is 5.01. The Labute approximate surface area is 177 Å². The van der Waals surface area contributed by atoms with Gasteiger partial charge in [0.25, 0.3) is 11.4 Å². The van der Waals surface area contributed by atoms with Gasteiger partial charge in [0.2, 0.25) is 5.91 Å². The number of aryl methyl sites for hydroxylation is 4. The third-order valence-electron chi connectivity index (χ3n) is 5.01. The molecule has 4 aromatic rings. The lowest BCUT2D eigenvalue weighted by molar-refractivity contribution is -0.121. The van der Waals surface area contributed by atoms with Gasteiger partial charge in [0.15, 0.2) is 5.82 Å². The zero-order chi connectivity index (χ0) is 21.8. The van der Waals surface area contributed by atoms with Crippen molar-refractivity contribution < 1.29 is 9.32 Å². The van der Waals surface area contributed by atoms with Gasteiger partial charge in [-0.3, -0.25) is 18.8 Å². The van der Waals surface area contributed by atoms with E-state index in [0.29, 0.717) is 18.9 Å². The summed E-state index contributed by atoms with van der Waals surface area (Å²) in [6.45, 7) is 5.18. The number of hydrogen-bond donors (Lipinski definition) is 1. The van der Waals surface area contributed by atoms with E-state index in [-0.39, 0.29) is 35.9 Å². The molecule has 0 bridgehead atoms. The number of nitrogens with zero attached hydrogens (tertiary/aromatic N) is 6. The maximum atomic E-state index is 12.6. The van der Waals surface area contributed by atoms with Crippen LogP contribution in [-0.4, -0.2) is 41.9 Å². The van der Waals surface area contributed by atoms with Gasteiger partial charge in [-0.1, -0.05) is 17.3 Å². The molecule has 0 aliphatic carbocycles. The number of amides is 1. The molecule has 0 aliphatic heterocycles. The van der Waals surface area contributed by atoms with E-state index in [1.807, 2.05) is 23.0 Å². The summed E-state index contributed by atoms with van der Waals surface area (Å²) in [5.41, 5.74) is 2.17. The van der Waals surface area contributed by atoms with E-state index in [2.05, 4.69) is 38.5 Å². The predicted molar refractivity (Wildman–Crippen MR) is 113 cm³/mol. The Bertz CT molecular complexity index is 1270. The van der Waals surface area contributed by atoms with Gasteiger partial charge in [-0.2, -0.15) is 10.1 Å². The summed E-state index contributed by atoms with van der Waals surface area (Å²) in [6.07, 6.45) is 5.57. The fraction of sp³-hybridized carbons (Fsp3) is 0.333. The Morgan fingerprint density at radius 2 is 2.06 bits per heavy atom. The Morgan fingerprint density at radius 1 is 1.19 bits per heavy atom. The van der Waals surface area contributed by atoms with Crippen LogP contribution in [0, 0.1) is 13.8 Å². The quantitative estimate of drug-likeness (QED) is 0.431. The minimum Gasteiger partial charge on any atom is -0.356 e. The third kappa shape index (κ3) is 4.52. The molecule has 0 atom stereocenters. The van der Waals surface area contributed by atoms with Gasteiger partial charge in [0.1, 0.15) is 5.56 Å². The van der Waals surface area contributed by atoms with Crippen LogP contribution in [0.5, 0.6) is 0 Å². The van der Waals surface area contributed by atoms with Gasteiger partial charge in [0.05, 0.1) is 18.0 Å². The molecular formula is C21H23N7O3. The number of hydrogen-bond acceptors (Lipinski definition) is 7. The first-order valence-corrected chi connectivity index (χ1v) is 10.1. The number of benzene rings is 1. The van der Waals surface area contributed by atoms with Crippen LogP contribution < -0.4 is 10.9 Å². The molecule has 0 saturated heterocycles. The summed E-state index contributed by atoms with van der Waals surface area (Å²) < 4.78 is 8.36. The standard InChI is InChI=1S/C21H23N7O3/c1-14-5-3-6-18-16(14)12-24-28(18)9-4-8-23-19(29)7-10-27-13-22-11-17(21(27)30)20-25-15(2)26-31-20/h3,5-6,11-13H,4,7-10H2,1-2H3,(H,23,29). The number of rotatable bonds is 8. The lowest BCUT2D eigenvalue weighted by atomic mass is 10.1. The van der Waals surface area contributed by atoms with E-state index in [4.69, 9.17) is 4.52 Å². The maximum Gasteiger partial charge on any atom is 0.266 e. The van der Waals surface area contributed by atoms with Crippen molar-refractivity contribution in [3.05, 3.63) is 58.7 Å². The highest BCUT2D eigenvalue weighted by Crippen LogP contribution is 2.17. The van der Waals surface area contributed by atoms with Gasteiger partial charge in [0, 0.05) is 37.6 Å². The van der Waals surface area contributed by atoms with Gasteiger partial charge in [-0.15, -0.1) is 0 Å². The molecule has 0 unspecified atom stereocenters. The number of carbonyl (C=O) groups is 1. The summed E-state index contributed by atoms with van der Waals surface area (Å²) in [5, 5.41) is 12.2. The summed E-state index contributed by atoms with van der Waals surface area (Å²) in [4.78, 5) is 32.9. The first-order chi connectivity index (χ1) is 15.0. The van der Waals surface area contributed by atoms with Crippen molar-refractivity contribution in [2.45, 2.75) is 39.8 Å². The predicted octanol–water partition coefficient (Wildman–Crippen LogP) is 1.86. The van der Waals surface area contributed by atoms with Crippen molar-refractivity contribution >= 4 is 16.8 Å². The topological polar surface area (TPSA) is 121 Å². The molecule has 0 radical (unpaired) electrons. The van der Waals surface area contributed by atoms with Crippen LogP contribution in [0.1, 0.15) is 24.2 Å². The fourth-order valence-corrected chi connectivity index (χ4v) is 3.36. The van der Waals surface area contributed by atoms with E-state index in [0.717, 1.165) is 17.3 Å². The second-order valence-electron chi connectivity index (χ2n) is 7.28. The smallest absolute Gasteiger partial charge is 0.266 e. The number of nitrogens with one attached hydrogen (secondary N) is 1. The number of aromatic nitrogens is 6. The normalized spacial score (nSPS) is 11.2. The number of fused-ring (bicyclic) bond motifs is 1. The van der Waals surface area contributed by atoms with Crippen LogP contribution >= 0.6 is 0 Å². The SMILES string of the molecule is Cc1noc(-c2cncn(CCC(=O)NCCCn3ncc4c(C)cccc43)c2=O)n1. The minimum absolute atomic E-state index is 0.121. The summed E-state index contributed by atoms with van der Waals surface area (Å²) in [7, 11) is 0. The molecule has 1 N–H and O–H groups in total. The molecule has 0 saturated carbocycles. The van der Waals surface area contributed by atoms with E-state index in [9.17, 15) is 9.59 Å². The molecular weight excluding hydrogens is 398 g/mol. The average molecular weight is 421 g/mol. The van der Waals surface area contributed by atoms with Crippen LogP contribution in [0.2, 0.25) is 0 Å². The van der Waals surface area contributed by atoms with Crippen LogP contribution in [0.3, 0.4) is 0 Å². The Hall–Kier alpha value is -3.82. The molecule has 31 heavy (non-hydrogen) atoms. The van der Waals surface area contributed by atoms with E-state index < -0.39 is 0 Å². The monoisotopic (exact) mass is 421 g/mol. The van der Waals surface area contributed by atoms with Crippen LogP contribution in [0.15, 0.2) is 46.2 Å². The van der Waals surface area contributed by atoms with Gasteiger partial charge in [-0.25, -0.2) is 4.98 Å². The second-order valence-corrected chi connectivity index (χ2v) is 7.28. The minimum atomic E-state index is -0.327. The Kier molecular flexibility index (Phi) is 5.87. The number of carbonyl (C=O) groups excluding carboxylic acids is 1. The second kappa shape index (κ2) is 8.90. The van der Waals surface area contributed by atoms with Crippen molar-refractivity contribution in [2.75, 3.05) is 6.54 Å². The largest absolute Gasteiger partial charge is 0.356 e. The average Bonchev–Trinajstić information content (AvgIpc) is 3.37. The Balaban J connectivity index is 1.27. The summed E-state index contributed by atoms with van der Waals surface area (Å²) in [6, 6.07) is 6.13. The lowest BCUT2D eigenvalue weighted by Gasteiger charge is -2.08. The van der Waals surface area contributed by atoms with Crippen molar-refractivity contribution in [1.29, 1.82) is 0 Å². The fourth-order valence-electron chi connectivity index (χ4n) is 3.36. The van der Waals surface area contributed by atoms with Crippen molar-refractivity contribution in [3.8, 4) is 11.5 Å². The Morgan fingerprint density at radius 3 is 2.87 bits per heavy atom. The van der Waals surface area contributed by atoms with Crippen LogP contribution in [0.4, 0.5) is 0 Å². The first-order valence-electron chi connectivity index (χ1n) is 10.1. The summed E-state index contributed by atoms with van der Waals surface area (Å²) in [5.74, 6) is 0.421. The molecule has 10 heteroatoms. The molecule has 0 aliphatic rings. The van der Waals surface area contributed by atoms with Crippen molar-refractivity contribution in [1.82, 2.24) is 34.8 Å². The van der Waals surface area contributed by atoms with Crippen molar-refractivity contribution in [2.24, 2.45) is 0 Å². The zero-order valence-corrected chi connectivity index (χ0v) is 17.4. The molecule has 3 aromatic heterocycles. The highest BCUT2D eigenvalue weighted by Gasteiger charge is 2.13. The molecule has 0 spiro atoms. The lowest BCUT2D eigenvalue weighted by Crippen LogP contribution is -2.29. The molecule has 1 amide bonds. The highest BCUT2D eigenvalue weighted by atomic mass is 16.5. The molecule has 3 heterocycles. The van der Waals surface area contributed by atoms with Gasteiger partial charge >= 0.3 is 0 Å². The van der Waals surface area contributed by atoms with E-state index in [1.165, 1.54) is 22.7 Å². The molecule has 10 nitrogen and oxygen atoms in total. The zero-order valence-electron chi connectivity index (χ0n) is 17.4. The first kappa shape index (κ1) is 20.5. The summed E-state index contributed by atoms with van der Waals surface area (Å²) >= 11 is 0. The van der Waals surface area contributed by atoms with Crippen molar-refractivity contribution in [3.63, 3.8) is 0 Å². The van der Waals surface area contributed by atoms with E-state index >= 15 is 0 Å². The molecule has 0 fully saturated rings. The molecule has 1 aromatic carbocycles. The molecule has 4 rings (SSSR count). The van der Waals surface area contributed by atoms with Crippen LogP contribution in [0.25, 0.3) is 22.4 Å².